The van der Waals surface area contributed by atoms with Gasteiger partial charge in [0.15, 0.2) is 0 Å². The average molecular weight is 368 g/mol. The average Bonchev–Trinajstić information content (AvgIpc) is 3.17. The van der Waals surface area contributed by atoms with Crippen molar-refractivity contribution in [1.29, 1.82) is 0 Å². The van der Waals surface area contributed by atoms with Crippen molar-refractivity contribution < 1.29 is 9.18 Å². The molecule has 6 heteroatoms. The Hall–Kier alpha value is -2.34. The third-order valence-electron chi connectivity index (χ3n) is 5.58. The zero-order valence-corrected chi connectivity index (χ0v) is 15.5. The van der Waals surface area contributed by atoms with Gasteiger partial charge in [0.25, 0.3) is 0 Å². The monoisotopic (exact) mass is 368 g/mol. The molecule has 0 aliphatic carbocycles. The molecule has 0 aromatic carbocycles. The SMILES string of the molecule is O=C1CCCCN1c1ncccc1CCN1CCC(c2ccc(F)cn2)C1. The minimum atomic E-state index is -0.287. The van der Waals surface area contributed by atoms with Crippen LogP contribution in [0.5, 0.6) is 0 Å². The first-order valence-electron chi connectivity index (χ1n) is 9.79. The van der Waals surface area contributed by atoms with Crippen LogP contribution in [-0.2, 0) is 11.2 Å². The second kappa shape index (κ2) is 8.13. The number of nitrogens with zero attached hydrogens (tertiary/aromatic N) is 4. The lowest BCUT2D eigenvalue weighted by molar-refractivity contribution is -0.119. The number of anilines is 1. The van der Waals surface area contributed by atoms with E-state index in [0.717, 1.165) is 68.9 Å². The summed E-state index contributed by atoms with van der Waals surface area (Å²) in [7, 11) is 0. The molecular weight excluding hydrogens is 343 g/mol. The Balaban J connectivity index is 1.38. The Kier molecular flexibility index (Phi) is 5.43. The number of pyridine rings is 2. The summed E-state index contributed by atoms with van der Waals surface area (Å²) in [6.07, 6.45) is 7.63. The van der Waals surface area contributed by atoms with Crippen LogP contribution >= 0.6 is 0 Å². The second-order valence-electron chi connectivity index (χ2n) is 7.43. The van der Waals surface area contributed by atoms with E-state index < -0.39 is 0 Å². The predicted molar refractivity (Wildman–Crippen MR) is 102 cm³/mol. The normalized spacial score (nSPS) is 21.0. The van der Waals surface area contributed by atoms with E-state index >= 15 is 0 Å². The molecule has 4 rings (SSSR count). The minimum absolute atomic E-state index is 0.185. The number of likely N-dealkylation sites (tertiary alicyclic amines) is 1. The summed E-state index contributed by atoms with van der Waals surface area (Å²) < 4.78 is 13.1. The van der Waals surface area contributed by atoms with Crippen LogP contribution in [0.4, 0.5) is 10.2 Å². The zero-order chi connectivity index (χ0) is 18.6. The first-order chi connectivity index (χ1) is 13.2. The van der Waals surface area contributed by atoms with E-state index in [1.807, 2.05) is 11.0 Å². The van der Waals surface area contributed by atoms with Crippen LogP contribution in [0, 0.1) is 5.82 Å². The smallest absolute Gasteiger partial charge is 0.228 e. The Labute approximate surface area is 159 Å². The molecule has 0 radical (unpaired) electrons. The predicted octanol–water partition coefficient (Wildman–Crippen LogP) is 3.16. The molecule has 27 heavy (non-hydrogen) atoms. The fourth-order valence-corrected chi connectivity index (χ4v) is 4.08. The summed E-state index contributed by atoms with van der Waals surface area (Å²) in [5.41, 5.74) is 2.11. The summed E-state index contributed by atoms with van der Waals surface area (Å²) in [6.45, 7) is 3.65. The fourth-order valence-electron chi connectivity index (χ4n) is 4.08. The number of rotatable bonds is 5. The molecule has 2 fully saturated rings. The highest BCUT2D eigenvalue weighted by Gasteiger charge is 2.26. The lowest BCUT2D eigenvalue weighted by Gasteiger charge is -2.28. The number of aromatic nitrogens is 2. The van der Waals surface area contributed by atoms with Crippen LogP contribution in [0.15, 0.2) is 36.7 Å². The van der Waals surface area contributed by atoms with Crippen LogP contribution < -0.4 is 4.90 Å². The van der Waals surface area contributed by atoms with E-state index in [2.05, 4.69) is 20.9 Å². The lowest BCUT2D eigenvalue weighted by atomic mass is 10.0. The molecule has 2 aliphatic rings. The van der Waals surface area contributed by atoms with Gasteiger partial charge in [0.1, 0.15) is 11.6 Å². The molecule has 0 N–H and O–H groups in total. The van der Waals surface area contributed by atoms with Gasteiger partial charge in [-0.3, -0.25) is 14.7 Å². The van der Waals surface area contributed by atoms with Crippen molar-refractivity contribution in [2.24, 2.45) is 0 Å². The highest BCUT2D eigenvalue weighted by molar-refractivity contribution is 5.93. The molecule has 2 aromatic rings. The number of halogens is 1. The minimum Gasteiger partial charge on any atom is -0.302 e. The van der Waals surface area contributed by atoms with Gasteiger partial charge in [0.05, 0.1) is 6.20 Å². The Morgan fingerprint density at radius 3 is 2.89 bits per heavy atom. The number of carbonyl (C=O) groups excluding carboxylic acids is 1. The van der Waals surface area contributed by atoms with Gasteiger partial charge in [-0.05, 0) is 56.0 Å². The van der Waals surface area contributed by atoms with Crippen LogP contribution in [0.2, 0.25) is 0 Å². The number of carbonyl (C=O) groups is 1. The van der Waals surface area contributed by atoms with Gasteiger partial charge < -0.3 is 4.90 Å². The molecule has 0 spiro atoms. The third kappa shape index (κ3) is 4.16. The summed E-state index contributed by atoms with van der Waals surface area (Å²) in [6, 6.07) is 7.31. The second-order valence-corrected chi connectivity index (χ2v) is 7.43. The standard InChI is InChI=1S/C21H25FN4O/c22-18-6-7-19(24-14-18)17-9-13-25(15-17)12-8-16-4-3-10-23-21(16)26-11-2-1-5-20(26)27/h3-4,6-7,10,14,17H,1-2,5,8-9,11-13,15H2. The quantitative estimate of drug-likeness (QED) is 0.813. The van der Waals surface area contributed by atoms with Gasteiger partial charge in [-0.2, -0.15) is 0 Å². The van der Waals surface area contributed by atoms with Crippen LogP contribution in [-0.4, -0.2) is 47.0 Å². The Morgan fingerprint density at radius 2 is 2.07 bits per heavy atom. The first-order valence-corrected chi connectivity index (χ1v) is 9.79. The van der Waals surface area contributed by atoms with Crippen molar-refractivity contribution in [3.05, 3.63) is 53.7 Å². The van der Waals surface area contributed by atoms with E-state index in [-0.39, 0.29) is 11.7 Å². The fraction of sp³-hybridized carbons (Fsp3) is 0.476. The number of amides is 1. The Morgan fingerprint density at radius 1 is 1.15 bits per heavy atom. The Bertz CT molecular complexity index is 795. The summed E-state index contributed by atoms with van der Waals surface area (Å²) in [5.74, 6) is 1.09. The first kappa shape index (κ1) is 18.0. The van der Waals surface area contributed by atoms with E-state index in [9.17, 15) is 9.18 Å². The highest BCUT2D eigenvalue weighted by Crippen LogP contribution is 2.27. The lowest BCUT2D eigenvalue weighted by Crippen LogP contribution is -2.36. The molecule has 2 aliphatic heterocycles. The van der Waals surface area contributed by atoms with Crippen LogP contribution in [0.25, 0.3) is 0 Å². The zero-order valence-electron chi connectivity index (χ0n) is 15.5. The molecule has 1 atom stereocenters. The summed E-state index contributed by atoms with van der Waals surface area (Å²) >= 11 is 0. The summed E-state index contributed by atoms with van der Waals surface area (Å²) in [5, 5.41) is 0. The molecule has 0 bridgehead atoms. The molecule has 142 valence electrons. The number of hydrogen-bond acceptors (Lipinski definition) is 4. The number of piperidine rings is 1. The maximum Gasteiger partial charge on any atom is 0.228 e. The van der Waals surface area contributed by atoms with Gasteiger partial charge in [-0.15, -0.1) is 0 Å². The van der Waals surface area contributed by atoms with E-state index in [1.54, 1.807) is 12.3 Å². The van der Waals surface area contributed by atoms with Crippen molar-refractivity contribution in [3.8, 4) is 0 Å². The molecule has 5 nitrogen and oxygen atoms in total. The maximum absolute atomic E-state index is 13.1. The van der Waals surface area contributed by atoms with Crippen molar-refractivity contribution in [2.75, 3.05) is 31.1 Å². The number of hydrogen-bond donors (Lipinski definition) is 0. The van der Waals surface area contributed by atoms with Gasteiger partial charge in [-0.1, -0.05) is 6.07 Å². The van der Waals surface area contributed by atoms with Crippen LogP contribution in [0.1, 0.15) is 42.9 Å². The third-order valence-corrected chi connectivity index (χ3v) is 5.58. The molecule has 0 saturated carbocycles. The van der Waals surface area contributed by atoms with Gasteiger partial charge in [0, 0.05) is 43.9 Å². The van der Waals surface area contributed by atoms with Crippen LogP contribution in [0.3, 0.4) is 0 Å². The molecule has 1 amide bonds. The topological polar surface area (TPSA) is 49.3 Å². The van der Waals surface area contributed by atoms with Gasteiger partial charge in [-0.25, -0.2) is 9.37 Å². The summed E-state index contributed by atoms with van der Waals surface area (Å²) in [4.78, 5) is 25.3. The molecular formula is C21H25FN4O. The molecule has 2 saturated heterocycles. The van der Waals surface area contributed by atoms with E-state index in [1.165, 1.54) is 12.3 Å². The van der Waals surface area contributed by atoms with Gasteiger partial charge in [0.2, 0.25) is 5.91 Å². The highest BCUT2D eigenvalue weighted by atomic mass is 19.1. The van der Waals surface area contributed by atoms with Gasteiger partial charge >= 0.3 is 0 Å². The molecule has 4 heterocycles. The molecule has 1 unspecified atom stereocenters. The van der Waals surface area contributed by atoms with E-state index in [4.69, 9.17) is 0 Å². The van der Waals surface area contributed by atoms with Crippen molar-refractivity contribution in [1.82, 2.24) is 14.9 Å². The van der Waals surface area contributed by atoms with E-state index in [0.29, 0.717) is 12.3 Å². The molecule has 2 aromatic heterocycles. The maximum atomic E-state index is 13.1. The van der Waals surface area contributed by atoms with Crippen molar-refractivity contribution in [2.45, 2.75) is 38.0 Å². The van der Waals surface area contributed by atoms with Crippen molar-refractivity contribution >= 4 is 11.7 Å². The van der Waals surface area contributed by atoms with Crippen molar-refractivity contribution in [3.63, 3.8) is 0 Å². The largest absolute Gasteiger partial charge is 0.302 e.